The number of urea groups is 1. The Hall–Kier alpha value is -5.33. The number of carboxylic acids is 5. The van der Waals surface area contributed by atoms with E-state index in [2.05, 4.69) is 26.3 Å². The van der Waals surface area contributed by atoms with Crippen molar-refractivity contribution in [1.82, 2.24) is 31.2 Å². The van der Waals surface area contributed by atoms with Gasteiger partial charge in [0.1, 0.15) is 18.1 Å². The van der Waals surface area contributed by atoms with Crippen molar-refractivity contribution in [1.29, 1.82) is 0 Å². The van der Waals surface area contributed by atoms with Gasteiger partial charge in [-0.05, 0) is 76.0 Å². The van der Waals surface area contributed by atoms with Crippen LogP contribution in [0.1, 0.15) is 96.1 Å². The number of carbonyl (C=O) groups is 8. The Morgan fingerprint density at radius 2 is 1.30 bits per heavy atom. The summed E-state index contributed by atoms with van der Waals surface area (Å²) in [5, 5.41) is 55.9. The number of nitrogens with one attached hydrogen (secondary N) is 4. The molecule has 4 atom stereocenters. The van der Waals surface area contributed by atoms with Gasteiger partial charge in [0.2, 0.25) is 11.8 Å². The maximum Gasteiger partial charge on any atom is 0.326 e. The number of carboxylic acid groups (broad SMARTS) is 5. The van der Waals surface area contributed by atoms with Crippen molar-refractivity contribution < 1.29 is 63.9 Å². The number of pyridine rings is 1. The number of unbranched alkanes of at least 4 members (excludes halogenated alkanes) is 5. The molecule has 1 aromatic heterocycles. The summed E-state index contributed by atoms with van der Waals surface area (Å²) < 4.78 is 0. The first kappa shape index (κ1) is 46.7. The first-order valence-corrected chi connectivity index (χ1v) is 18.0. The van der Waals surface area contributed by atoms with Gasteiger partial charge >= 0.3 is 35.9 Å². The van der Waals surface area contributed by atoms with Gasteiger partial charge in [-0.3, -0.25) is 29.1 Å². The largest absolute Gasteiger partial charge is 0.481 e. The molecule has 0 aliphatic heterocycles. The van der Waals surface area contributed by atoms with E-state index >= 15 is 0 Å². The van der Waals surface area contributed by atoms with Gasteiger partial charge in [-0.1, -0.05) is 25.8 Å². The number of aromatic nitrogens is 1. The third-order valence-corrected chi connectivity index (χ3v) is 8.34. The van der Waals surface area contributed by atoms with Crippen molar-refractivity contribution in [2.75, 3.05) is 19.6 Å². The van der Waals surface area contributed by atoms with Crippen LogP contribution < -0.4 is 21.3 Å². The molecule has 0 aliphatic rings. The fraction of sp³-hybridized carbons (Fsp3) is 0.629. The van der Waals surface area contributed by atoms with Crippen LogP contribution in [0.2, 0.25) is 0 Å². The lowest BCUT2D eigenvalue weighted by molar-refractivity contribution is -0.143. The topological polar surface area (TPSA) is 302 Å². The van der Waals surface area contributed by atoms with Crippen LogP contribution in [0, 0.1) is 5.92 Å². The van der Waals surface area contributed by atoms with Crippen LogP contribution in [0.5, 0.6) is 0 Å². The van der Waals surface area contributed by atoms with Crippen LogP contribution >= 0.6 is 0 Å². The van der Waals surface area contributed by atoms with Crippen molar-refractivity contribution in [3.8, 4) is 0 Å². The summed E-state index contributed by atoms with van der Waals surface area (Å²) in [4.78, 5) is 99.5. The molecule has 0 bridgehead atoms. The zero-order valence-corrected chi connectivity index (χ0v) is 30.5. The second-order valence-corrected chi connectivity index (χ2v) is 13.0. The van der Waals surface area contributed by atoms with E-state index in [0.717, 1.165) is 5.69 Å². The summed E-state index contributed by atoms with van der Waals surface area (Å²) >= 11 is 0. The summed E-state index contributed by atoms with van der Waals surface area (Å²) in [5.41, 5.74) is 0.723. The highest BCUT2D eigenvalue weighted by atomic mass is 16.4. The van der Waals surface area contributed by atoms with Gasteiger partial charge in [-0.2, -0.15) is 0 Å². The number of aliphatic carboxylic acids is 5. The number of rotatable bonds is 30. The van der Waals surface area contributed by atoms with Crippen LogP contribution in [0.25, 0.3) is 0 Å². The van der Waals surface area contributed by atoms with Gasteiger partial charge in [0.25, 0.3) is 0 Å². The molecule has 19 heteroatoms. The second kappa shape index (κ2) is 26.4. The lowest BCUT2D eigenvalue weighted by atomic mass is 9.98. The third-order valence-electron chi connectivity index (χ3n) is 8.34. The highest BCUT2D eigenvalue weighted by Crippen LogP contribution is 2.11. The smallest absolute Gasteiger partial charge is 0.326 e. The Morgan fingerprint density at radius 1 is 0.685 bits per heavy atom. The van der Waals surface area contributed by atoms with Crippen molar-refractivity contribution in [3.63, 3.8) is 0 Å². The lowest BCUT2D eigenvalue weighted by Gasteiger charge is -2.22. The molecule has 302 valence electrons. The molecular formula is C35H54N6O13. The Balaban J connectivity index is 2.25. The molecule has 0 saturated heterocycles. The maximum atomic E-state index is 12.4. The molecule has 1 rings (SSSR count). The predicted octanol–water partition coefficient (Wildman–Crippen LogP) is 1.65. The molecule has 0 aromatic carbocycles. The van der Waals surface area contributed by atoms with E-state index in [4.69, 9.17) is 5.11 Å². The van der Waals surface area contributed by atoms with E-state index in [1.54, 1.807) is 23.2 Å². The van der Waals surface area contributed by atoms with Gasteiger partial charge in [-0.25, -0.2) is 19.2 Å². The zero-order chi connectivity index (χ0) is 40.5. The van der Waals surface area contributed by atoms with Gasteiger partial charge in [-0.15, -0.1) is 0 Å². The quantitative estimate of drug-likeness (QED) is 0.0503. The fourth-order valence-corrected chi connectivity index (χ4v) is 5.49. The number of carbonyl (C=O) groups excluding carboxylic acids is 3. The van der Waals surface area contributed by atoms with Crippen molar-refractivity contribution in [3.05, 3.63) is 30.1 Å². The van der Waals surface area contributed by atoms with Crippen molar-refractivity contribution >= 4 is 47.7 Å². The molecule has 1 aromatic rings. The predicted molar refractivity (Wildman–Crippen MR) is 191 cm³/mol. The Kier molecular flexibility index (Phi) is 22.9. The monoisotopic (exact) mass is 766 g/mol. The van der Waals surface area contributed by atoms with Gasteiger partial charge < -0.3 is 46.8 Å². The second-order valence-electron chi connectivity index (χ2n) is 13.0. The molecule has 19 nitrogen and oxygen atoms in total. The van der Waals surface area contributed by atoms with Crippen LogP contribution in [0.3, 0.4) is 0 Å². The van der Waals surface area contributed by atoms with E-state index in [-0.39, 0.29) is 44.7 Å². The first-order valence-electron chi connectivity index (χ1n) is 18.0. The third kappa shape index (κ3) is 21.9. The lowest BCUT2D eigenvalue weighted by Crippen LogP contribution is -2.53. The van der Waals surface area contributed by atoms with Crippen LogP contribution in [0.15, 0.2) is 24.4 Å². The van der Waals surface area contributed by atoms with E-state index in [1.165, 1.54) is 6.92 Å². The Morgan fingerprint density at radius 3 is 1.85 bits per heavy atom. The van der Waals surface area contributed by atoms with E-state index in [0.29, 0.717) is 64.5 Å². The van der Waals surface area contributed by atoms with Crippen LogP contribution in [0.4, 0.5) is 4.79 Å². The molecule has 54 heavy (non-hydrogen) atoms. The number of hydrogen-bond acceptors (Lipinski definition) is 10. The molecule has 0 saturated carbocycles. The average molecular weight is 767 g/mol. The van der Waals surface area contributed by atoms with E-state index in [9.17, 15) is 58.8 Å². The molecule has 1 heterocycles. The van der Waals surface area contributed by atoms with Gasteiger partial charge in [0.15, 0.2) is 0 Å². The standard InChI is InChI=1S/C35H54N6O13/c1-23(20-29(44)45)31(34(52)53)40-35(54)39-26(33(50)51)13-7-10-18-37-27(42)15-4-2-3-5-16-28(43)38-25(32(48)49)14-8-11-19-41(22-30(46)47)21-24-12-6-9-17-36-24/h6,9,12,17,23,25-26,31H,2-5,7-8,10-11,13-16,18-22H2,1H3,(H,37,42)(H,38,43)(H,44,45)(H,46,47)(H,48,49)(H,50,51)(H,52,53)(H2,39,40,54)/t23-,25?,26-,31?/m0/s1. The van der Waals surface area contributed by atoms with Crippen LogP contribution in [-0.4, -0.2) is 121 Å². The van der Waals surface area contributed by atoms with E-state index < -0.39 is 72.2 Å². The summed E-state index contributed by atoms with van der Waals surface area (Å²) in [7, 11) is 0. The minimum atomic E-state index is -1.54. The zero-order valence-electron chi connectivity index (χ0n) is 30.5. The normalized spacial score (nSPS) is 13.1. The SMILES string of the molecule is C[C@@H](CC(=O)O)C(NC(=O)N[C@@H](CCCCNC(=O)CCCCCCC(=O)NC(CCCCN(CC(=O)O)Cc1ccccn1)C(=O)O)C(=O)O)C(=O)O. The summed E-state index contributed by atoms with van der Waals surface area (Å²) in [6.45, 7) is 2.19. The van der Waals surface area contributed by atoms with Crippen molar-refractivity contribution in [2.45, 2.75) is 115 Å². The minimum Gasteiger partial charge on any atom is -0.481 e. The Bertz CT molecular complexity index is 1380. The number of nitrogens with zero attached hydrogens (tertiary/aromatic N) is 2. The average Bonchev–Trinajstić information content (AvgIpc) is 3.08. The van der Waals surface area contributed by atoms with E-state index in [1.807, 2.05) is 6.07 Å². The number of hydrogen-bond donors (Lipinski definition) is 9. The first-order chi connectivity index (χ1) is 25.6. The molecule has 9 N–H and O–H groups in total. The summed E-state index contributed by atoms with van der Waals surface area (Å²) in [6.07, 6.45) is 5.79. The maximum absolute atomic E-state index is 12.4. The van der Waals surface area contributed by atoms with Crippen molar-refractivity contribution in [2.24, 2.45) is 5.92 Å². The summed E-state index contributed by atoms with van der Waals surface area (Å²) in [6, 6.07) is 0.375. The molecule has 0 radical (unpaired) electrons. The fourth-order valence-electron chi connectivity index (χ4n) is 5.49. The minimum absolute atomic E-state index is 0.00243. The highest BCUT2D eigenvalue weighted by Gasteiger charge is 2.30. The van der Waals surface area contributed by atoms with Crippen LogP contribution in [-0.2, 0) is 40.1 Å². The molecule has 2 unspecified atom stereocenters. The highest BCUT2D eigenvalue weighted by molar-refractivity contribution is 5.86. The van der Waals surface area contributed by atoms with Gasteiger partial charge in [0.05, 0.1) is 18.7 Å². The molecule has 0 aliphatic carbocycles. The molecule has 0 spiro atoms. The number of amides is 4. The molecular weight excluding hydrogens is 712 g/mol. The summed E-state index contributed by atoms with van der Waals surface area (Å²) in [5.74, 6) is -7.73. The molecule has 4 amide bonds. The Labute approximate surface area is 313 Å². The van der Waals surface area contributed by atoms with Gasteiger partial charge in [0, 0.05) is 32.1 Å². The molecule has 0 fully saturated rings.